The van der Waals surface area contributed by atoms with Crippen molar-refractivity contribution >= 4 is 11.6 Å². The second-order valence-corrected chi connectivity index (χ2v) is 5.48. The quantitative estimate of drug-likeness (QED) is 0.657. The summed E-state index contributed by atoms with van der Waals surface area (Å²) in [5.74, 6) is -4.84. The van der Waals surface area contributed by atoms with Gasteiger partial charge in [0.25, 0.3) is 5.91 Å². The van der Waals surface area contributed by atoms with Crippen LogP contribution in [0.2, 0.25) is 0 Å². The lowest BCUT2D eigenvalue weighted by molar-refractivity contribution is 0.102. The van der Waals surface area contributed by atoms with Crippen molar-refractivity contribution in [2.75, 3.05) is 5.32 Å². The number of rotatable bonds is 5. The molecule has 0 heterocycles. The molecule has 0 aliphatic carbocycles. The highest BCUT2D eigenvalue weighted by Gasteiger charge is 2.18. The number of amides is 1. The molecule has 0 saturated heterocycles. The van der Waals surface area contributed by atoms with Crippen LogP contribution >= 0.6 is 0 Å². The molecular weight excluding hydrogens is 343 g/mol. The predicted octanol–water partition coefficient (Wildman–Crippen LogP) is 4.94. The lowest BCUT2D eigenvalue weighted by Gasteiger charge is -2.09. The first kappa shape index (κ1) is 17.5. The normalized spacial score (nSPS) is 10.4. The molecular formula is C20H14F3NO2. The van der Waals surface area contributed by atoms with Gasteiger partial charge in [-0.25, -0.2) is 13.2 Å². The van der Waals surface area contributed by atoms with Crippen molar-refractivity contribution in [1.82, 2.24) is 0 Å². The van der Waals surface area contributed by atoms with Crippen LogP contribution in [0.4, 0.5) is 18.9 Å². The minimum absolute atomic E-state index is 0.367. The number of carbonyl (C=O) groups is 1. The summed E-state index contributed by atoms with van der Waals surface area (Å²) in [4.78, 5) is 12.0. The van der Waals surface area contributed by atoms with Crippen molar-refractivity contribution in [3.63, 3.8) is 0 Å². The van der Waals surface area contributed by atoms with Gasteiger partial charge in [-0.1, -0.05) is 30.3 Å². The largest absolute Gasteiger partial charge is 0.489 e. The van der Waals surface area contributed by atoms with Crippen molar-refractivity contribution in [3.05, 3.63) is 95.3 Å². The van der Waals surface area contributed by atoms with E-state index in [1.54, 1.807) is 24.3 Å². The fourth-order valence-electron chi connectivity index (χ4n) is 2.28. The lowest BCUT2D eigenvalue weighted by Crippen LogP contribution is -2.15. The number of anilines is 1. The average Bonchev–Trinajstić information content (AvgIpc) is 2.66. The van der Waals surface area contributed by atoms with Crippen LogP contribution in [0.1, 0.15) is 15.9 Å². The maximum atomic E-state index is 13.6. The van der Waals surface area contributed by atoms with Gasteiger partial charge in [0.2, 0.25) is 0 Å². The van der Waals surface area contributed by atoms with Crippen LogP contribution in [0.15, 0.2) is 66.7 Å². The fourth-order valence-corrected chi connectivity index (χ4v) is 2.28. The van der Waals surface area contributed by atoms with E-state index in [9.17, 15) is 18.0 Å². The molecule has 0 radical (unpaired) electrons. The Morgan fingerprint density at radius 1 is 0.846 bits per heavy atom. The highest BCUT2D eigenvalue weighted by Crippen LogP contribution is 2.20. The first-order valence-electron chi connectivity index (χ1n) is 7.76. The Morgan fingerprint density at radius 2 is 1.54 bits per heavy atom. The van der Waals surface area contributed by atoms with E-state index in [2.05, 4.69) is 5.32 Å². The molecule has 0 atom stereocenters. The summed E-state index contributed by atoms with van der Waals surface area (Å²) in [7, 11) is 0. The van der Waals surface area contributed by atoms with Gasteiger partial charge >= 0.3 is 0 Å². The SMILES string of the molecule is O=C(Nc1ccc(OCc2ccccc2)cc1)c1ccc(F)c(F)c1F. The molecule has 3 aromatic carbocycles. The molecule has 0 spiro atoms. The standard InChI is InChI=1S/C20H14F3NO2/c21-17-11-10-16(18(22)19(17)23)20(25)24-14-6-8-15(9-7-14)26-12-13-4-2-1-3-5-13/h1-11H,12H2,(H,24,25). The van der Waals surface area contributed by atoms with Crippen LogP contribution in [0.5, 0.6) is 5.75 Å². The van der Waals surface area contributed by atoms with E-state index in [0.29, 0.717) is 24.1 Å². The number of benzene rings is 3. The number of hydrogen-bond acceptors (Lipinski definition) is 2. The number of carbonyl (C=O) groups excluding carboxylic acids is 1. The number of nitrogens with one attached hydrogen (secondary N) is 1. The van der Waals surface area contributed by atoms with Gasteiger partial charge < -0.3 is 10.1 Å². The first-order valence-corrected chi connectivity index (χ1v) is 7.76. The van der Waals surface area contributed by atoms with Gasteiger partial charge in [-0.2, -0.15) is 0 Å². The van der Waals surface area contributed by atoms with Gasteiger partial charge in [0, 0.05) is 5.69 Å². The molecule has 3 aromatic rings. The van der Waals surface area contributed by atoms with Gasteiger partial charge in [0.05, 0.1) is 5.56 Å². The van der Waals surface area contributed by atoms with E-state index in [0.717, 1.165) is 11.6 Å². The molecule has 1 N–H and O–H groups in total. The van der Waals surface area contributed by atoms with Crippen LogP contribution in [0, 0.1) is 17.5 Å². The molecule has 1 amide bonds. The Morgan fingerprint density at radius 3 is 2.23 bits per heavy atom. The third-order valence-electron chi connectivity index (χ3n) is 3.64. The second kappa shape index (κ2) is 7.74. The monoisotopic (exact) mass is 357 g/mol. The molecule has 0 fully saturated rings. The Hall–Kier alpha value is -3.28. The van der Waals surface area contributed by atoms with Crippen LogP contribution in [0.25, 0.3) is 0 Å². The molecule has 3 rings (SSSR count). The van der Waals surface area contributed by atoms with E-state index in [1.165, 1.54) is 0 Å². The van der Waals surface area contributed by atoms with E-state index in [-0.39, 0.29) is 0 Å². The summed E-state index contributed by atoms with van der Waals surface area (Å²) in [5.41, 5.74) is 0.804. The Labute approximate surface area is 148 Å². The summed E-state index contributed by atoms with van der Waals surface area (Å²) in [5, 5.41) is 2.42. The maximum absolute atomic E-state index is 13.6. The molecule has 0 bridgehead atoms. The van der Waals surface area contributed by atoms with Gasteiger partial charge in [-0.15, -0.1) is 0 Å². The smallest absolute Gasteiger partial charge is 0.258 e. The van der Waals surface area contributed by atoms with Crippen LogP contribution in [-0.2, 0) is 6.61 Å². The van der Waals surface area contributed by atoms with Gasteiger partial charge in [-0.05, 0) is 42.0 Å². The van der Waals surface area contributed by atoms with Gasteiger partial charge in [-0.3, -0.25) is 4.79 Å². The van der Waals surface area contributed by atoms with Crippen molar-refractivity contribution in [2.24, 2.45) is 0 Å². The molecule has 0 saturated carbocycles. The molecule has 0 aliphatic rings. The zero-order chi connectivity index (χ0) is 18.5. The molecule has 0 aromatic heterocycles. The number of halogens is 3. The lowest BCUT2D eigenvalue weighted by atomic mass is 10.1. The Balaban J connectivity index is 1.64. The van der Waals surface area contributed by atoms with Crippen molar-refractivity contribution < 1.29 is 22.7 Å². The van der Waals surface area contributed by atoms with Crippen LogP contribution in [0.3, 0.4) is 0 Å². The predicted molar refractivity (Wildman–Crippen MR) is 91.5 cm³/mol. The van der Waals surface area contributed by atoms with Crippen molar-refractivity contribution in [3.8, 4) is 5.75 Å². The number of ether oxygens (including phenoxy) is 1. The summed E-state index contributed by atoms with van der Waals surface area (Å²) < 4.78 is 45.4. The minimum atomic E-state index is -1.68. The zero-order valence-corrected chi connectivity index (χ0v) is 13.5. The van der Waals surface area contributed by atoms with E-state index < -0.39 is 28.9 Å². The molecule has 26 heavy (non-hydrogen) atoms. The average molecular weight is 357 g/mol. The highest BCUT2D eigenvalue weighted by molar-refractivity contribution is 6.04. The second-order valence-electron chi connectivity index (χ2n) is 5.48. The molecule has 132 valence electrons. The third kappa shape index (κ3) is 4.03. The minimum Gasteiger partial charge on any atom is -0.489 e. The van der Waals surface area contributed by atoms with Crippen molar-refractivity contribution in [2.45, 2.75) is 6.61 Å². The Bertz CT molecular complexity index is 912. The van der Waals surface area contributed by atoms with Gasteiger partial charge in [0.15, 0.2) is 17.5 Å². The summed E-state index contributed by atoms with van der Waals surface area (Å²) in [6.07, 6.45) is 0. The van der Waals surface area contributed by atoms with Crippen molar-refractivity contribution in [1.29, 1.82) is 0 Å². The van der Waals surface area contributed by atoms with E-state index >= 15 is 0 Å². The zero-order valence-electron chi connectivity index (χ0n) is 13.5. The van der Waals surface area contributed by atoms with Crippen LogP contribution in [-0.4, -0.2) is 5.91 Å². The number of hydrogen-bond donors (Lipinski definition) is 1. The molecule has 6 heteroatoms. The van der Waals surface area contributed by atoms with Gasteiger partial charge in [0.1, 0.15) is 12.4 Å². The van der Waals surface area contributed by atoms with E-state index in [4.69, 9.17) is 4.74 Å². The van der Waals surface area contributed by atoms with E-state index in [1.807, 2.05) is 30.3 Å². The fraction of sp³-hybridized carbons (Fsp3) is 0.0500. The Kier molecular flexibility index (Phi) is 5.22. The molecule has 3 nitrogen and oxygen atoms in total. The third-order valence-corrected chi connectivity index (χ3v) is 3.64. The summed E-state index contributed by atoms with van der Waals surface area (Å²) >= 11 is 0. The van der Waals surface area contributed by atoms with Crippen LogP contribution < -0.4 is 10.1 Å². The summed E-state index contributed by atoms with van der Waals surface area (Å²) in [6.45, 7) is 0.395. The highest BCUT2D eigenvalue weighted by atomic mass is 19.2. The topological polar surface area (TPSA) is 38.3 Å². The molecule has 0 aliphatic heterocycles. The summed E-state index contributed by atoms with van der Waals surface area (Å²) in [6, 6.07) is 17.6. The molecule has 0 unspecified atom stereocenters. The maximum Gasteiger partial charge on any atom is 0.258 e. The first-order chi connectivity index (χ1) is 12.5.